The van der Waals surface area contributed by atoms with Crippen LogP contribution in [-0.2, 0) is 10.2 Å². The Labute approximate surface area is 179 Å². The standard InChI is InChI=1S/C23H24ClFN2O3/c1-22(2,3)11-16-23(7-8-26-16)19-15(27-21(23)30)10-14(24)18(20(28)29)17(19)12-5-4-6-13(25)9-12/h4-6,9-10,16,26H,7-8,11H2,1-3H3,(H,27,30)(H,28,29). The Morgan fingerprint density at radius 1 is 1.33 bits per heavy atom. The summed E-state index contributed by atoms with van der Waals surface area (Å²) in [6.45, 7) is 6.94. The van der Waals surface area contributed by atoms with Crippen molar-refractivity contribution >= 4 is 29.2 Å². The molecule has 0 aromatic heterocycles. The molecule has 2 aromatic rings. The van der Waals surface area contributed by atoms with Crippen molar-refractivity contribution in [3.63, 3.8) is 0 Å². The van der Waals surface area contributed by atoms with Crippen LogP contribution in [0.1, 0.15) is 49.5 Å². The van der Waals surface area contributed by atoms with Gasteiger partial charge in [-0.15, -0.1) is 0 Å². The third-order valence-electron chi connectivity index (χ3n) is 6.03. The molecule has 0 radical (unpaired) electrons. The molecule has 30 heavy (non-hydrogen) atoms. The molecular formula is C23H24ClFN2O3. The summed E-state index contributed by atoms with van der Waals surface area (Å²) in [6, 6.07) is 7.08. The fourth-order valence-electron chi connectivity index (χ4n) is 4.92. The number of anilines is 1. The maximum absolute atomic E-state index is 14.1. The van der Waals surface area contributed by atoms with Gasteiger partial charge < -0.3 is 15.7 Å². The van der Waals surface area contributed by atoms with Gasteiger partial charge in [0, 0.05) is 22.9 Å². The van der Waals surface area contributed by atoms with Crippen LogP contribution in [0.5, 0.6) is 0 Å². The third kappa shape index (κ3) is 3.19. The van der Waals surface area contributed by atoms with Gasteiger partial charge in [0.25, 0.3) is 0 Å². The van der Waals surface area contributed by atoms with Crippen molar-refractivity contribution in [3.05, 3.63) is 52.3 Å². The molecule has 2 aliphatic heterocycles. The molecule has 2 aromatic carbocycles. The second-order valence-electron chi connectivity index (χ2n) is 9.29. The summed E-state index contributed by atoms with van der Waals surface area (Å²) in [6.07, 6.45) is 1.24. The van der Waals surface area contributed by atoms with Crippen LogP contribution in [-0.4, -0.2) is 29.6 Å². The van der Waals surface area contributed by atoms with Crippen LogP contribution in [0.2, 0.25) is 5.02 Å². The van der Waals surface area contributed by atoms with E-state index in [1.54, 1.807) is 6.07 Å². The summed E-state index contributed by atoms with van der Waals surface area (Å²) < 4.78 is 14.1. The Kier molecular flexibility index (Phi) is 4.90. The largest absolute Gasteiger partial charge is 0.478 e. The van der Waals surface area contributed by atoms with Crippen molar-refractivity contribution < 1.29 is 19.1 Å². The third-order valence-corrected chi connectivity index (χ3v) is 6.33. The number of aromatic carboxylic acids is 1. The molecule has 7 heteroatoms. The number of nitrogens with one attached hydrogen (secondary N) is 2. The fourth-order valence-corrected chi connectivity index (χ4v) is 5.21. The van der Waals surface area contributed by atoms with Crippen molar-refractivity contribution in [2.45, 2.75) is 45.1 Å². The topological polar surface area (TPSA) is 78.4 Å². The second-order valence-corrected chi connectivity index (χ2v) is 9.70. The van der Waals surface area contributed by atoms with Gasteiger partial charge in [0.1, 0.15) is 5.82 Å². The van der Waals surface area contributed by atoms with E-state index in [1.807, 2.05) is 0 Å². The highest BCUT2D eigenvalue weighted by atomic mass is 35.5. The van der Waals surface area contributed by atoms with E-state index in [0.717, 1.165) is 0 Å². The number of rotatable bonds is 3. The molecule has 1 fully saturated rings. The summed E-state index contributed by atoms with van der Waals surface area (Å²) in [5.41, 5.74) is 0.682. The van der Waals surface area contributed by atoms with Gasteiger partial charge in [-0.2, -0.15) is 0 Å². The van der Waals surface area contributed by atoms with E-state index in [0.29, 0.717) is 41.8 Å². The van der Waals surface area contributed by atoms with E-state index >= 15 is 0 Å². The number of carboxylic acid groups (broad SMARTS) is 1. The number of amides is 1. The predicted octanol–water partition coefficient (Wildman–Crippen LogP) is 4.83. The van der Waals surface area contributed by atoms with Crippen LogP contribution < -0.4 is 10.6 Å². The van der Waals surface area contributed by atoms with Crippen LogP contribution in [0, 0.1) is 11.2 Å². The first-order chi connectivity index (χ1) is 14.0. The van der Waals surface area contributed by atoms with Gasteiger partial charge in [-0.05, 0) is 48.6 Å². The van der Waals surface area contributed by atoms with Crippen LogP contribution in [0.3, 0.4) is 0 Å². The van der Waals surface area contributed by atoms with E-state index in [-0.39, 0.29) is 28.0 Å². The predicted molar refractivity (Wildman–Crippen MR) is 115 cm³/mol. The molecule has 1 saturated heterocycles. The zero-order chi connectivity index (χ0) is 21.8. The number of hydrogen-bond donors (Lipinski definition) is 3. The average Bonchev–Trinajstić information content (AvgIpc) is 3.14. The molecule has 1 spiro atoms. The number of hydrogen-bond acceptors (Lipinski definition) is 3. The molecule has 2 heterocycles. The van der Waals surface area contributed by atoms with Gasteiger partial charge in [-0.1, -0.05) is 44.5 Å². The van der Waals surface area contributed by atoms with E-state index in [4.69, 9.17) is 11.6 Å². The second kappa shape index (κ2) is 7.06. The van der Waals surface area contributed by atoms with Gasteiger partial charge >= 0.3 is 5.97 Å². The zero-order valence-electron chi connectivity index (χ0n) is 17.1. The van der Waals surface area contributed by atoms with E-state index in [2.05, 4.69) is 31.4 Å². The number of halogens is 2. The van der Waals surface area contributed by atoms with E-state index < -0.39 is 17.2 Å². The molecular weight excluding hydrogens is 407 g/mol. The van der Waals surface area contributed by atoms with Gasteiger partial charge in [0.15, 0.2) is 0 Å². The Morgan fingerprint density at radius 3 is 2.70 bits per heavy atom. The summed E-state index contributed by atoms with van der Waals surface area (Å²) in [5, 5.41) is 16.4. The quantitative estimate of drug-likeness (QED) is 0.651. The van der Waals surface area contributed by atoms with Crippen molar-refractivity contribution in [2.24, 2.45) is 5.41 Å². The lowest BCUT2D eigenvalue weighted by atomic mass is 9.68. The molecule has 2 atom stereocenters. The first kappa shape index (κ1) is 20.8. The fraction of sp³-hybridized carbons (Fsp3) is 0.391. The molecule has 3 N–H and O–H groups in total. The number of fused-ring (bicyclic) bond motifs is 2. The van der Waals surface area contributed by atoms with Crippen molar-refractivity contribution in [1.82, 2.24) is 5.32 Å². The monoisotopic (exact) mass is 430 g/mol. The van der Waals surface area contributed by atoms with Gasteiger partial charge in [0.2, 0.25) is 5.91 Å². The molecule has 5 nitrogen and oxygen atoms in total. The van der Waals surface area contributed by atoms with Gasteiger partial charge in [-0.25, -0.2) is 9.18 Å². The smallest absolute Gasteiger partial charge is 0.337 e. The van der Waals surface area contributed by atoms with Crippen molar-refractivity contribution in [2.75, 3.05) is 11.9 Å². The van der Waals surface area contributed by atoms with Gasteiger partial charge in [0.05, 0.1) is 16.0 Å². The maximum Gasteiger partial charge on any atom is 0.337 e. The summed E-state index contributed by atoms with van der Waals surface area (Å²) in [5.74, 6) is -1.87. The highest BCUT2D eigenvalue weighted by molar-refractivity contribution is 6.35. The molecule has 0 bridgehead atoms. The number of carbonyl (C=O) groups excluding carboxylic acids is 1. The van der Waals surface area contributed by atoms with Crippen molar-refractivity contribution in [1.29, 1.82) is 0 Å². The molecule has 1 amide bonds. The summed E-state index contributed by atoms with van der Waals surface area (Å²) >= 11 is 6.34. The SMILES string of the molecule is CC(C)(C)CC1NCCC12C(=O)Nc1cc(Cl)c(C(=O)O)c(-c3cccc(F)c3)c12. The van der Waals surface area contributed by atoms with Crippen LogP contribution in [0.15, 0.2) is 30.3 Å². The van der Waals surface area contributed by atoms with E-state index in [9.17, 15) is 19.1 Å². The number of benzene rings is 2. The minimum absolute atomic E-state index is 0.0104. The lowest BCUT2D eigenvalue weighted by molar-refractivity contribution is -0.121. The normalized spacial score (nSPS) is 23.0. The highest BCUT2D eigenvalue weighted by Crippen LogP contribution is 2.53. The number of carboxylic acids is 1. The maximum atomic E-state index is 14.1. The van der Waals surface area contributed by atoms with Crippen LogP contribution in [0.4, 0.5) is 10.1 Å². The first-order valence-electron chi connectivity index (χ1n) is 9.95. The minimum atomic E-state index is -1.21. The Bertz CT molecular complexity index is 1060. The molecule has 4 rings (SSSR count). The summed E-state index contributed by atoms with van der Waals surface area (Å²) in [4.78, 5) is 25.6. The Morgan fingerprint density at radius 2 is 2.07 bits per heavy atom. The summed E-state index contributed by atoms with van der Waals surface area (Å²) in [7, 11) is 0. The first-order valence-corrected chi connectivity index (χ1v) is 10.3. The highest BCUT2D eigenvalue weighted by Gasteiger charge is 2.57. The molecule has 0 saturated carbocycles. The lowest BCUT2D eigenvalue weighted by Crippen LogP contribution is -2.47. The van der Waals surface area contributed by atoms with Crippen molar-refractivity contribution in [3.8, 4) is 11.1 Å². The molecule has 2 unspecified atom stereocenters. The zero-order valence-corrected chi connectivity index (χ0v) is 17.9. The minimum Gasteiger partial charge on any atom is -0.478 e. The van der Waals surface area contributed by atoms with Gasteiger partial charge in [-0.3, -0.25) is 4.79 Å². The van der Waals surface area contributed by atoms with Crippen LogP contribution in [0.25, 0.3) is 11.1 Å². The average molecular weight is 431 g/mol. The molecule has 0 aliphatic carbocycles. The molecule has 158 valence electrons. The molecule has 2 aliphatic rings. The number of carbonyl (C=O) groups is 2. The van der Waals surface area contributed by atoms with E-state index in [1.165, 1.54) is 24.3 Å². The van der Waals surface area contributed by atoms with Crippen LogP contribution >= 0.6 is 11.6 Å². The Balaban J connectivity index is 2.06. The Hall–Kier alpha value is -2.44. The lowest BCUT2D eigenvalue weighted by Gasteiger charge is -2.35.